The number of hydrogen-bond donors (Lipinski definition) is 1. The molecule has 0 aromatic heterocycles. The molecule has 0 bridgehead atoms. The molecular formula is C13H16ClFO2. The first-order valence-electron chi connectivity index (χ1n) is 5.64. The molecule has 4 heteroatoms. The molecule has 17 heavy (non-hydrogen) atoms. The quantitative estimate of drug-likeness (QED) is 0.838. The minimum absolute atomic E-state index is 0.387. The summed E-state index contributed by atoms with van der Waals surface area (Å²) in [5, 5.41) is 11.0. The molecule has 1 fully saturated rings. The molecule has 1 atom stereocenters. The van der Waals surface area contributed by atoms with Crippen molar-refractivity contribution in [2.24, 2.45) is 0 Å². The second-order valence-corrected chi connectivity index (χ2v) is 5.60. The molecule has 0 spiro atoms. The fraction of sp³-hybridized carbons (Fsp3) is 0.538. The topological polar surface area (TPSA) is 29.5 Å². The Hall–Kier alpha value is -0.640. The summed E-state index contributed by atoms with van der Waals surface area (Å²) in [6.07, 6.45) is 0.836. The third-order valence-electron chi connectivity index (χ3n) is 3.16. The van der Waals surface area contributed by atoms with E-state index in [1.54, 1.807) is 0 Å². The molecule has 94 valence electrons. The summed E-state index contributed by atoms with van der Waals surface area (Å²) >= 11 is 6.04. The van der Waals surface area contributed by atoms with Crippen molar-refractivity contribution in [3.63, 3.8) is 0 Å². The molecule has 2 rings (SSSR count). The van der Waals surface area contributed by atoms with Crippen LogP contribution in [0.25, 0.3) is 0 Å². The fourth-order valence-corrected chi connectivity index (χ4v) is 2.72. The van der Waals surface area contributed by atoms with Crippen LogP contribution in [0.3, 0.4) is 0 Å². The molecule has 1 aromatic rings. The van der Waals surface area contributed by atoms with E-state index in [0.717, 1.165) is 0 Å². The van der Waals surface area contributed by atoms with Crippen molar-refractivity contribution in [1.82, 2.24) is 0 Å². The van der Waals surface area contributed by atoms with Crippen molar-refractivity contribution >= 4 is 11.6 Å². The summed E-state index contributed by atoms with van der Waals surface area (Å²) in [5.41, 5.74) is -1.08. The summed E-state index contributed by atoms with van der Waals surface area (Å²) in [4.78, 5) is 0. The van der Waals surface area contributed by atoms with Gasteiger partial charge < -0.3 is 9.84 Å². The lowest BCUT2D eigenvalue weighted by Gasteiger charge is -2.42. The monoisotopic (exact) mass is 258 g/mol. The van der Waals surface area contributed by atoms with E-state index in [0.29, 0.717) is 30.0 Å². The Morgan fingerprint density at radius 3 is 2.76 bits per heavy atom. The van der Waals surface area contributed by atoms with Gasteiger partial charge in [-0.1, -0.05) is 11.6 Å². The van der Waals surface area contributed by atoms with Gasteiger partial charge in [0.25, 0.3) is 0 Å². The van der Waals surface area contributed by atoms with Crippen LogP contribution in [0.1, 0.15) is 32.3 Å². The number of aliphatic hydroxyl groups is 1. The summed E-state index contributed by atoms with van der Waals surface area (Å²) < 4.78 is 18.8. The maximum Gasteiger partial charge on any atom is 0.123 e. The molecular weight excluding hydrogens is 243 g/mol. The molecule has 0 radical (unpaired) electrons. The Balaban J connectivity index is 2.40. The van der Waals surface area contributed by atoms with Crippen molar-refractivity contribution in [3.05, 3.63) is 34.6 Å². The maximum atomic E-state index is 13.3. The van der Waals surface area contributed by atoms with Crippen LogP contribution >= 0.6 is 11.6 Å². The lowest BCUT2D eigenvalue weighted by atomic mass is 9.79. The van der Waals surface area contributed by atoms with Crippen LogP contribution < -0.4 is 0 Å². The predicted molar refractivity (Wildman–Crippen MR) is 64.6 cm³/mol. The predicted octanol–water partition coefficient (Wildman–Crippen LogP) is 3.26. The molecule has 1 aliphatic rings. The minimum Gasteiger partial charge on any atom is -0.385 e. The van der Waals surface area contributed by atoms with E-state index in [-0.39, 0.29) is 5.82 Å². The average molecular weight is 259 g/mol. The van der Waals surface area contributed by atoms with Gasteiger partial charge in [-0.15, -0.1) is 0 Å². The first-order chi connectivity index (χ1) is 7.82. The van der Waals surface area contributed by atoms with Gasteiger partial charge in [0.2, 0.25) is 0 Å². The highest BCUT2D eigenvalue weighted by Gasteiger charge is 2.41. The average Bonchev–Trinajstić information content (AvgIpc) is 2.19. The van der Waals surface area contributed by atoms with Crippen LogP contribution in [0.2, 0.25) is 5.02 Å². The minimum atomic E-state index is -1.11. The molecule has 1 N–H and O–H groups in total. The van der Waals surface area contributed by atoms with Crippen LogP contribution in [0.4, 0.5) is 4.39 Å². The molecule has 0 saturated carbocycles. The lowest BCUT2D eigenvalue weighted by Crippen LogP contribution is -2.44. The van der Waals surface area contributed by atoms with Gasteiger partial charge in [0.15, 0.2) is 0 Å². The van der Waals surface area contributed by atoms with Gasteiger partial charge in [-0.2, -0.15) is 0 Å². The lowest BCUT2D eigenvalue weighted by molar-refractivity contribution is -0.148. The molecule has 1 unspecified atom stereocenters. The van der Waals surface area contributed by atoms with E-state index in [4.69, 9.17) is 16.3 Å². The maximum absolute atomic E-state index is 13.3. The number of benzene rings is 1. The SMILES string of the molecule is CC1(C)CC(O)(c2cc(F)ccc2Cl)CCO1. The van der Waals surface area contributed by atoms with Crippen LogP contribution in [-0.4, -0.2) is 17.3 Å². The zero-order chi connectivity index (χ0) is 12.7. The van der Waals surface area contributed by atoms with Crippen molar-refractivity contribution in [1.29, 1.82) is 0 Å². The number of rotatable bonds is 1. The van der Waals surface area contributed by atoms with E-state index in [9.17, 15) is 9.50 Å². The number of hydrogen-bond acceptors (Lipinski definition) is 2. The normalized spacial score (nSPS) is 28.1. The highest BCUT2D eigenvalue weighted by atomic mass is 35.5. The van der Waals surface area contributed by atoms with Gasteiger partial charge in [-0.3, -0.25) is 0 Å². The Morgan fingerprint density at radius 1 is 1.41 bits per heavy atom. The highest BCUT2D eigenvalue weighted by Crippen LogP contribution is 2.41. The first-order valence-corrected chi connectivity index (χ1v) is 6.02. The van der Waals surface area contributed by atoms with E-state index in [2.05, 4.69) is 0 Å². The van der Waals surface area contributed by atoms with Crippen LogP contribution in [-0.2, 0) is 10.3 Å². The van der Waals surface area contributed by atoms with Gasteiger partial charge in [0, 0.05) is 23.4 Å². The molecule has 1 saturated heterocycles. The Bertz CT molecular complexity index is 433. The van der Waals surface area contributed by atoms with Gasteiger partial charge in [-0.05, 0) is 32.0 Å². The van der Waals surface area contributed by atoms with Crippen LogP contribution in [0, 0.1) is 5.82 Å². The summed E-state index contributed by atoms with van der Waals surface area (Å²) in [7, 11) is 0. The van der Waals surface area contributed by atoms with Gasteiger partial charge in [0.05, 0.1) is 17.8 Å². The van der Waals surface area contributed by atoms with E-state index < -0.39 is 11.2 Å². The summed E-state index contributed by atoms with van der Waals surface area (Å²) in [6, 6.07) is 4.08. The van der Waals surface area contributed by atoms with Crippen molar-refractivity contribution < 1.29 is 14.2 Å². The molecule has 1 aromatic carbocycles. The zero-order valence-electron chi connectivity index (χ0n) is 9.96. The highest BCUT2D eigenvalue weighted by molar-refractivity contribution is 6.31. The molecule has 1 heterocycles. The third kappa shape index (κ3) is 2.62. The Labute approximate surface area is 105 Å². The first kappa shape index (κ1) is 12.8. The Kier molecular flexibility index (Phi) is 3.19. The van der Waals surface area contributed by atoms with Gasteiger partial charge in [-0.25, -0.2) is 4.39 Å². The van der Waals surface area contributed by atoms with E-state index >= 15 is 0 Å². The van der Waals surface area contributed by atoms with Gasteiger partial charge in [0.1, 0.15) is 5.82 Å². The molecule has 0 amide bonds. The van der Waals surface area contributed by atoms with E-state index in [1.165, 1.54) is 18.2 Å². The number of ether oxygens (including phenoxy) is 1. The fourth-order valence-electron chi connectivity index (χ4n) is 2.42. The van der Waals surface area contributed by atoms with Gasteiger partial charge >= 0.3 is 0 Å². The smallest absolute Gasteiger partial charge is 0.123 e. The van der Waals surface area contributed by atoms with Crippen molar-refractivity contribution in [3.8, 4) is 0 Å². The van der Waals surface area contributed by atoms with E-state index in [1.807, 2.05) is 13.8 Å². The number of halogens is 2. The molecule has 0 aliphatic carbocycles. The second kappa shape index (κ2) is 4.23. The third-order valence-corrected chi connectivity index (χ3v) is 3.49. The van der Waals surface area contributed by atoms with Crippen molar-refractivity contribution in [2.75, 3.05) is 6.61 Å². The standard InChI is InChI=1S/C13H16ClFO2/c1-12(2)8-13(16,5-6-17-12)10-7-9(15)3-4-11(10)14/h3-4,7,16H,5-6,8H2,1-2H3. The largest absolute Gasteiger partial charge is 0.385 e. The zero-order valence-corrected chi connectivity index (χ0v) is 10.7. The van der Waals surface area contributed by atoms with Crippen molar-refractivity contribution in [2.45, 2.75) is 37.9 Å². The summed E-state index contributed by atoms with van der Waals surface area (Å²) in [6.45, 7) is 4.25. The second-order valence-electron chi connectivity index (χ2n) is 5.19. The Morgan fingerprint density at radius 2 is 2.12 bits per heavy atom. The van der Waals surface area contributed by atoms with Crippen LogP contribution in [0.15, 0.2) is 18.2 Å². The molecule has 2 nitrogen and oxygen atoms in total. The summed E-state index contributed by atoms with van der Waals surface area (Å²) in [5.74, 6) is -0.387. The molecule has 1 aliphatic heterocycles. The van der Waals surface area contributed by atoms with Crippen LogP contribution in [0.5, 0.6) is 0 Å².